The van der Waals surface area contributed by atoms with Crippen molar-refractivity contribution in [1.82, 2.24) is 5.32 Å². The van der Waals surface area contributed by atoms with Crippen molar-refractivity contribution in [3.63, 3.8) is 0 Å². The molecule has 8 heteroatoms. The summed E-state index contributed by atoms with van der Waals surface area (Å²) >= 11 is 12.2. The third-order valence-electron chi connectivity index (χ3n) is 3.66. The molecule has 1 atom stereocenters. The molecule has 0 saturated carbocycles. The van der Waals surface area contributed by atoms with Gasteiger partial charge in [-0.25, -0.2) is 4.79 Å². The van der Waals surface area contributed by atoms with E-state index in [1.807, 2.05) is 0 Å². The van der Waals surface area contributed by atoms with Gasteiger partial charge in [-0.3, -0.25) is 9.59 Å². The first-order chi connectivity index (χ1) is 12.3. The second-order valence-electron chi connectivity index (χ2n) is 5.41. The molecular weight excluding hydrogens is 379 g/mol. The zero-order valence-electron chi connectivity index (χ0n) is 13.8. The molecule has 2 aromatic rings. The Hall–Kier alpha value is -2.57. The normalized spacial score (nSPS) is 11.5. The van der Waals surface area contributed by atoms with Crippen LogP contribution in [-0.2, 0) is 16.0 Å². The van der Waals surface area contributed by atoms with E-state index < -0.39 is 23.8 Å². The fraction of sp³-hybridized carbons (Fsp3) is 0.167. The van der Waals surface area contributed by atoms with Crippen molar-refractivity contribution in [2.75, 3.05) is 7.11 Å². The van der Waals surface area contributed by atoms with Crippen LogP contribution < -0.4 is 11.1 Å². The van der Waals surface area contributed by atoms with E-state index in [9.17, 15) is 14.4 Å². The Morgan fingerprint density at radius 2 is 1.65 bits per heavy atom. The lowest BCUT2D eigenvalue weighted by Gasteiger charge is -2.17. The summed E-state index contributed by atoms with van der Waals surface area (Å²) in [6, 6.07) is 9.81. The number of primary amides is 1. The van der Waals surface area contributed by atoms with E-state index in [1.54, 1.807) is 18.2 Å². The lowest BCUT2D eigenvalue weighted by Crippen LogP contribution is -2.46. The molecule has 6 nitrogen and oxygen atoms in total. The van der Waals surface area contributed by atoms with E-state index in [-0.39, 0.29) is 17.5 Å². The number of nitrogens with two attached hydrogens (primary N) is 1. The summed E-state index contributed by atoms with van der Waals surface area (Å²) in [5.41, 5.74) is 6.30. The number of methoxy groups -OCH3 is 1. The molecule has 0 aromatic heterocycles. The summed E-state index contributed by atoms with van der Waals surface area (Å²) in [6.07, 6.45) is 0.0380. The Kier molecular flexibility index (Phi) is 6.60. The van der Waals surface area contributed by atoms with Gasteiger partial charge in [-0.2, -0.15) is 0 Å². The number of benzene rings is 2. The zero-order chi connectivity index (χ0) is 19.3. The predicted octanol–water partition coefficient (Wildman–Crippen LogP) is 2.61. The Morgan fingerprint density at radius 1 is 1.08 bits per heavy atom. The van der Waals surface area contributed by atoms with Gasteiger partial charge in [-0.15, -0.1) is 0 Å². The maximum absolute atomic E-state index is 12.4. The smallest absolute Gasteiger partial charge is 0.337 e. The summed E-state index contributed by atoms with van der Waals surface area (Å²) in [6.45, 7) is 0. The van der Waals surface area contributed by atoms with Gasteiger partial charge in [0.05, 0.1) is 12.7 Å². The van der Waals surface area contributed by atoms with E-state index >= 15 is 0 Å². The highest BCUT2D eigenvalue weighted by molar-refractivity contribution is 6.36. The second-order valence-corrected chi connectivity index (χ2v) is 6.22. The quantitative estimate of drug-likeness (QED) is 0.735. The van der Waals surface area contributed by atoms with Gasteiger partial charge in [0.25, 0.3) is 5.91 Å². The molecule has 136 valence electrons. The van der Waals surface area contributed by atoms with E-state index in [0.29, 0.717) is 15.6 Å². The zero-order valence-corrected chi connectivity index (χ0v) is 15.3. The standard InChI is InChI=1S/C18H16Cl2N2O4/c1-26-18(25)11-5-2-4-10(8-11)17(24)22-15(16(21)23)9-12-13(19)6-3-7-14(12)20/h2-8,15H,9H2,1H3,(H2,21,23)(H,22,24)/t15-/m1/s1. The molecule has 0 saturated heterocycles. The molecule has 0 spiro atoms. The highest BCUT2D eigenvalue weighted by atomic mass is 35.5. The molecule has 2 amide bonds. The molecule has 0 aliphatic heterocycles. The summed E-state index contributed by atoms with van der Waals surface area (Å²) in [5.74, 6) is -1.88. The van der Waals surface area contributed by atoms with Crippen molar-refractivity contribution in [2.24, 2.45) is 5.73 Å². The SMILES string of the molecule is COC(=O)c1cccc(C(=O)N[C@H](Cc2c(Cl)cccc2Cl)C(N)=O)c1. The Labute approximate surface area is 160 Å². The number of ether oxygens (including phenoxy) is 1. The molecular formula is C18H16Cl2N2O4. The summed E-state index contributed by atoms with van der Waals surface area (Å²) < 4.78 is 4.62. The Morgan fingerprint density at radius 3 is 2.23 bits per heavy atom. The lowest BCUT2D eigenvalue weighted by molar-refractivity contribution is -0.119. The number of hydrogen-bond acceptors (Lipinski definition) is 4. The first kappa shape index (κ1) is 19.8. The maximum atomic E-state index is 12.4. The van der Waals surface area contributed by atoms with Crippen LogP contribution in [-0.4, -0.2) is 30.9 Å². The average Bonchev–Trinajstić information content (AvgIpc) is 2.62. The van der Waals surface area contributed by atoms with Gasteiger partial charge in [0, 0.05) is 22.0 Å². The Bertz CT molecular complexity index is 835. The average molecular weight is 395 g/mol. The van der Waals surface area contributed by atoms with Gasteiger partial charge in [-0.1, -0.05) is 35.3 Å². The molecule has 0 aliphatic rings. The number of hydrogen-bond donors (Lipinski definition) is 2. The summed E-state index contributed by atoms with van der Waals surface area (Å²) in [7, 11) is 1.24. The summed E-state index contributed by atoms with van der Waals surface area (Å²) in [5, 5.41) is 3.27. The van der Waals surface area contributed by atoms with Crippen LogP contribution in [0.5, 0.6) is 0 Å². The number of rotatable bonds is 6. The third-order valence-corrected chi connectivity index (χ3v) is 4.37. The van der Waals surface area contributed by atoms with Crippen LogP contribution in [0.15, 0.2) is 42.5 Å². The van der Waals surface area contributed by atoms with Gasteiger partial charge >= 0.3 is 5.97 Å². The van der Waals surface area contributed by atoms with Crippen LogP contribution >= 0.6 is 23.2 Å². The van der Waals surface area contributed by atoms with Gasteiger partial charge in [0.2, 0.25) is 5.91 Å². The topological polar surface area (TPSA) is 98.5 Å². The van der Waals surface area contributed by atoms with Crippen LogP contribution in [0.1, 0.15) is 26.3 Å². The largest absolute Gasteiger partial charge is 0.465 e. The van der Waals surface area contributed by atoms with E-state index in [1.165, 1.54) is 31.4 Å². The maximum Gasteiger partial charge on any atom is 0.337 e. The summed E-state index contributed by atoms with van der Waals surface area (Å²) in [4.78, 5) is 35.8. The lowest BCUT2D eigenvalue weighted by atomic mass is 10.0. The minimum atomic E-state index is -1.03. The van der Waals surface area contributed by atoms with E-state index in [4.69, 9.17) is 28.9 Å². The molecule has 0 unspecified atom stereocenters. The molecule has 0 heterocycles. The molecule has 0 aliphatic carbocycles. The van der Waals surface area contributed by atoms with Crippen LogP contribution in [0.25, 0.3) is 0 Å². The number of halogens is 2. The fourth-order valence-electron chi connectivity index (χ4n) is 2.30. The van der Waals surface area contributed by atoms with Gasteiger partial charge in [0.15, 0.2) is 0 Å². The highest BCUT2D eigenvalue weighted by Crippen LogP contribution is 2.25. The van der Waals surface area contributed by atoms with E-state index in [0.717, 1.165) is 0 Å². The molecule has 0 radical (unpaired) electrons. The monoisotopic (exact) mass is 394 g/mol. The van der Waals surface area contributed by atoms with Crippen LogP contribution in [0.2, 0.25) is 10.0 Å². The van der Waals surface area contributed by atoms with Crippen molar-refractivity contribution in [3.05, 3.63) is 69.2 Å². The van der Waals surface area contributed by atoms with Crippen LogP contribution in [0.3, 0.4) is 0 Å². The highest BCUT2D eigenvalue weighted by Gasteiger charge is 2.22. The Balaban J connectivity index is 2.21. The second kappa shape index (κ2) is 8.69. The minimum Gasteiger partial charge on any atom is -0.465 e. The number of esters is 1. The number of nitrogens with one attached hydrogen (secondary N) is 1. The van der Waals surface area contributed by atoms with Gasteiger partial charge in [-0.05, 0) is 35.9 Å². The molecule has 3 N–H and O–H groups in total. The predicted molar refractivity (Wildman–Crippen MR) is 98.4 cm³/mol. The first-order valence-electron chi connectivity index (χ1n) is 7.55. The number of amides is 2. The number of carbonyl (C=O) groups excluding carboxylic acids is 3. The third kappa shape index (κ3) is 4.74. The molecule has 26 heavy (non-hydrogen) atoms. The molecule has 0 bridgehead atoms. The van der Waals surface area contributed by atoms with Gasteiger partial charge in [0.1, 0.15) is 6.04 Å². The molecule has 2 aromatic carbocycles. The fourth-order valence-corrected chi connectivity index (χ4v) is 2.85. The van der Waals surface area contributed by atoms with Gasteiger partial charge < -0.3 is 15.8 Å². The van der Waals surface area contributed by atoms with E-state index in [2.05, 4.69) is 10.1 Å². The number of carbonyl (C=O) groups is 3. The van der Waals surface area contributed by atoms with Crippen molar-refractivity contribution in [3.8, 4) is 0 Å². The van der Waals surface area contributed by atoms with Crippen molar-refractivity contribution < 1.29 is 19.1 Å². The van der Waals surface area contributed by atoms with Crippen molar-refractivity contribution >= 4 is 41.0 Å². The van der Waals surface area contributed by atoms with Crippen LogP contribution in [0, 0.1) is 0 Å². The van der Waals surface area contributed by atoms with Crippen LogP contribution in [0.4, 0.5) is 0 Å². The first-order valence-corrected chi connectivity index (χ1v) is 8.30. The molecule has 0 fully saturated rings. The van der Waals surface area contributed by atoms with Crippen molar-refractivity contribution in [2.45, 2.75) is 12.5 Å². The molecule has 2 rings (SSSR count). The minimum absolute atomic E-state index is 0.0380. The van der Waals surface area contributed by atoms with Crippen molar-refractivity contribution in [1.29, 1.82) is 0 Å².